The number of nitrogens with zero attached hydrogens (tertiary/aromatic N) is 2. The number of carbonyl (C=O) groups is 1. The number of carbonyl (C=O) groups excluding carboxylic acids is 1. The third-order valence-electron chi connectivity index (χ3n) is 3.69. The van der Waals surface area contributed by atoms with E-state index in [0.717, 1.165) is 10.9 Å². The van der Waals surface area contributed by atoms with Gasteiger partial charge in [-0.1, -0.05) is 24.3 Å². The van der Waals surface area contributed by atoms with Crippen LogP contribution in [0.3, 0.4) is 0 Å². The molecule has 2 aromatic carbocycles. The lowest BCUT2D eigenvalue weighted by atomic mass is 10.2. The molecule has 1 aromatic heterocycles. The topological polar surface area (TPSA) is 77.2 Å². The van der Waals surface area contributed by atoms with Crippen molar-refractivity contribution in [1.82, 2.24) is 4.57 Å². The number of non-ortho nitro benzene ring substituents is 1. The summed E-state index contributed by atoms with van der Waals surface area (Å²) >= 11 is 0. The first-order valence-electron chi connectivity index (χ1n) is 7.35. The first kappa shape index (κ1) is 15.5. The lowest BCUT2D eigenvalue weighted by Crippen LogP contribution is -2.16. The van der Waals surface area contributed by atoms with Gasteiger partial charge in [-0.05, 0) is 24.3 Å². The Kier molecular flexibility index (Phi) is 4.11. The zero-order valence-electron chi connectivity index (χ0n) is 12.8. The maximum Gasteiger partial charge on any atom is 0.272 e. The third kappa shape index (κ3) is 2.89. The van der Waals surface area contributed by atoms with Gasteiger partial charge in [-0.15, -0.1) is 6.58 Å². The van der Waals surface area contributed by atoms with Crippen LogP contribution in [0.5, 0.6) is 0 Å². The van der Waals surface area contributed by atoms with Crippen molar-refractivity contribution < 1.29 is 9.72 Å². The highest BCUT2D eigenvalue weighted by Crippen LogP contribution is 2.22. The number of allylic oxidation sites excluding steroid dienone is 1. The summed E-state index contributed by atoms with van der Waals surface area (Å²) in [5, 5.41) is 14.4. The largest absolute Gasteiger partial charge is 0.333 e. The van der Waals surface area contributed by atoms with Crippen molar-refractivity contribution in [2.75, 3.05) is 5.32 Å². The Bertz CT molecular complexity index is 926. The molecule has 120 valence electrons. The predicted molar refractivity (Wildman–Crippen MR) is 93.2 cm³/mol. The third-order valence-corrected chi connectivity index (χ3v) is 3.69. The zero-order chi connectivity index (χ0) is 17.1. The van der Waals surface area contributed by atoms with E-state index < -0.39 is 4.92 Å². The van der Waals surface area contributed by atoms with E-state index >= 15 is 0 Å². The number of benzene rings is 2. The minimum absolute atomic E-state index is 0.0197. The predicted octanol–water partition coefficient (Wildman–Crippen LogP) is 3.99. The Labute approximate surface area is 138 Å². The van der Waals surface area contributed by atoms with E-state index in [-0.39, 0.29) is 11.6 Å². The fourth-order valence-corrected chi connectivity index (χ4v) is 2.59. The maximum atomic E-state index is 12.6. The smallest absolute Gasteiger partial charge is 0.272 e. The molecule has 0 spiro atoms. The Hall–Kier alpha value is -3.41. The number of amides is 1. The summed E-state index contributed by atoms with van der Waals surface area (Å²) < 4.78 is 1.88. The fourth-order valence-electron chi connectivity index (χ4n) is 2.59. The number of nitro groups is 1. The second kappa shape index (κ2) is 6.37. The van der Waals surface area contributed by atoms with Crippen molar-refractivity contribution in [3.8, 4) is 0 Å². The van der Waals surface area contributed by atoms with E-state index in [1.807, 2.05) is 34.9 Å². The van der Waals surface area contributed by atoms with Crippen LogP contribution in [0.4, 0.5) is 11.4 Å². The molecule has 1 amide bonds. The average molecular weight is 321 g/mol. The number of para-hydroxylation sites is 1. The molecule has 1 heterocycles. The second-order valence-electron chi connectivity index (χ2n) is 5.25. The molecule has 3 rings (SSSR count). The Morgan fingerprint density at radius 1 is 1.21 bits per heavy atom. The minimum atomic E-state index is -0.479. The number of anilines is 1. The Morgan fingerprint density at radius 2 is 1.92 bits per heavy atom. The molecule has 0 unspecified atom stereocenters. The highest BCUT2D eigenvalue weighted by molar-refractivity contribution is 6.06. The Morgan fingerprint density at radius 3 is 2.58 bits per heavy atom. The van der Waals surface area contributed by atoms with Gasteiger partial charge >= 0.3 is 0 Å². The molecule has 0 bridgehead atoms. The van der Waals surface area contributed by atoms with Crippen LogP contribution in [-0.4, -0.2) is 15.4 Å². The number of hydrogen-bond donors (Lipinski definition) is 1. The lowest BCUT2D eigenvalue weighted by Gasteiger charge is -2.09. The van der Waals surface area contributed by atoms with Gasteiger partial charge < -0.3 is 9.88 Å². The quantitative estimate of drug-likeness (QED) is 0.438. The molecule has 0 aliphatic heterocycles. The van der Waals surface area contributed by atoms with E-state index in [1.54, 1.807) is 6.08 Å². The summed E-state index contributed by atoms with van der Waals surface area (Å²) in [6.45, 7) is 4.25. The van der Waals surface area contributed by atoms with E-state index in [9.17, 15) is 14.9 Å². The summed E-state index contributed by atoms with van der Waals surface area (Å²) in [6.07, 6.45) is 1.73. The van der Waals surface area contributed by atoms with Crippen LogP contribution >= 0.6 is 0 Å². The van der Waals surface area contributed by atoms with Crippen molar-refractivity contribution in [2.24, 2.45) is 0 Å². The summed E-state index contributed by atoms with van der Waals surface area (Å²) in [5.74, 6) is -0.276. The molecule has 0 saturated heterocycles. The molecule has 6 heteroatoms. The SMILES string of the molecule is C=CCn1c(C(=O)Nc2ccc([N+](=O)[O-])cc2)cc2ccccc21. The minimum Gasteiger partial charge on any atom is -0.333 e. The van der Waals surface area contributed by atoms with Crippen LogP contribution in [-0.2, 0) is 6.54 Å². The normalized spacial score (nSPS) is 10.5. The van der Waals surface area contributed by atoms with Crippen molar-refractivity contribution in [3.63, 3.8) is 0 Å². The van der Waals surface area contributed by atoms with Gasteiger partial charge in [0, 0.05) is 35.3 Å². The van der Waals surface area contributed by atoms with Crippen molar-refractivity contribution in [2.45, 2.75) is 6.54 Å². The Balaban J connectivity index is 1.92. The van der Waals surface area contributed by atoms with E-state index in [4.69, 9.17) is 0 Å². The van der Waals surface area contributed by atoms with Gasteiger partial charge in [0.15, 0.2) is 0 Å². The molecular formula is C18H15N3O3. The second-order valence-corrected chi connectivity index (χ2v) is 5.25. The number of rotatable bonds is 5. The van der Waals surface area contributed by atoms with E-state index in [0.29, 0.717) is 17.9 Å². The average Bonchev–Trinajstić information content (AvgIpc) is 2.95. The van der Waals surface area contributed by atoms with Crippen molar-refractivity contribution in [1.29, 1.82) is 0 Å². The van der Waals surface area contributed by atoms with Crippen molar-refractivity contribution in [3.05, 3.63) is 83.1 Å². The first-order valence-corrected chi connectivity index (χ1v) is 7.35. The summed E-state index contributed by atoms with van der Waals surface area (Å²) in [4.78, 5) is 22.8. The molecule has 0 saturated carbocycles. The van der Waals surface area contributed by atoms with Crippen LogP contribution in [0.15, 0.2) is 67.3 Å². The molecule has 3 aromatic rings. The highest BCUT2D eigenvalue weighted by atomic mass is 16.6. The fraction of sp³-hybridized carbons (Fsp3) is 0.0556. The molecule has 0 aliphatic rings. The molecule has 24 heavy (non-hydrogen) atoms. The molecule has 0 fully saturated rings. The number of fused-ring (bicyclic) bond motifs is 1. The van der Waals surface area contributed by atoms with Gasteiger partial charge in [0.2, 0.25) is 0 Å². The lowest BCUT2D eigenvalue weighted by molar-refractivity contribution is -0.384. The maximum absolute atomic E-state index is 12.6. The number of hydrogen-bond acceptors (Lipinski definition) is 3. The molecule has 0 atom stereocenters. The van der Waals surface area contributed by atoms with Crippen LogP contribution < -0.4 is 5.32 Å². The monoisotopic (exact) mass is 321 g/mol. The van der Waals surface area contributed by atoms with Crippen LogP contribution in [0.1, 0.15) is 10.5 Å². The van der Waals surface area contributed by atoms with Gasteiger partial charge in [0.1, 0.15) is 5.69 Å². The summed E-state index contributed by atoms with van der Waals surface area (Å²) in [6, 6.07) is 15.3. The summed E-state index contributed by atoms with van der Waals surface area (Å²) in [5.41, 5.74) is 1.94. The first-order chi connectivity index (χ1) is 11.6. The van der Waals surface area contributed by atoms with Crippen LogP contribution in [0, 0.1) is 10.1 Å². The van der Waals surface area contributed by atoms with Gasteiger partial charge in [0.05, 0.1) is 4.92 Å². The number of nitro benzene ring substituents is 1. The van der Waals surface area contributed by atoms with Crippen LogP contribution in [0.25, 0.3) is 10.9 Å². The number of nitrogens with one attached hydrogen (secondary N) is 1. The highest BCUT2D eigenvalue weighted by Gasteiger charge is 2.15. The van der Waals surface area contributed by atoms with Gasteiger partial charge in [-0.25, -0.2) is 0 Å². The molecule has 6 nitrogen and oxygen atoms in total. The van der Waals surface area contributed by atoms with Crippen molar-refractivity contribution >= 4 is 28.2 Å². The molecule has 1 N–H and O–H groups in total. The molecular weight excluding hydrogens is 306 g/mol. The van der Waals surface area contributed by atoms with Gasteiger partial charge in [-0.2, -0.15) is 0 Å². The van der Waals surface area contributed by atoms with E-state index in [2.05, 4.69) is 11.9 Å². The molecule has 0 aliphatic carbocycles. The number of aromatic nitrogens is 1. The van der Waals surface area contributed by atoms with Gasteiger partial charge in [-0.3, -0.25) is 14.9 Å². The molecule has 0 radical (unpaired) electrons. The van der Waals surface area contributed by atoms with Gasteiger partial charge in [0.25, 0.3) is 11.6 Å². The van der Waals surface area contributed by atoms with E-state index in [1.165, 1.54) is 24.3 Å². The standard InChI is InChI=1S/C18H15N3O3/c1-2-11-20-16-6-4-3-5-13(16)12-17(20)18(22)19-14-7-9-15(10-8-14)21(23)24/h2-10,12H,1,11H2,(H,19,22). The summed E-state index contributed by atoms with van der Waals surface area (Å²) in [7, 11) is 0. The van der Waals surface area contributed by atoms with Crippen LogP contribution in [0.2, 0.25) is 0 Å². The zero-order valence-corrected chi connectivity index (χ0v) is 12.8.